The molecule has 2 fully saturated rings. The smallest absolute Gasteiger partial charge is 0.294 e. The molecule has 0 aromatic carbocycles. The molecule has 3 heterocycles. The molecule has 0 bridgehead atoms. The van der Waals surface area contributed by atoms with E-state index in [1.54, 1.807) is 6.21 Å². The van der Waals surface area contributed by atoms with Crippen molar-refractivity contribution < 1.29 is 24.9 Å². The molecule has 2 unspecified atom stereocenters. The van der Waals surface area contributed by atoms with Crippen molar-refractivity contribution in [3.8, 4) is 0 Å². The lowest BCUT2D eigenvalue weighted by Gasteiger charge is -2.20. The molecule has 2 aliphatic heterocycles. The Morgan fingerprint density at radius 2 is 2.07 bits per heavy atom. The second-order valence-electron chi connectivity index (χ2n) is 7.03. The first-order valence-corrected chi connectivity index (χ1v) is 8.99. The molecule has 3 aliphatic rings. The van der Waals surface area contributed by atoms with Gasteiger partial charge in [0.1, 0.15) is 43.0 Å². The molecule has 0 radical (unpaired) electrons. The predicted octanol–water partition coefficient (Wildman–Crippen LogP) is 0.328. The molecule has 146 valence electrons. The fourth-order valence-corrected chi connectivity index (χ4v) is 3.94. The van der Waals surface area contributed by atoms with Crippen LogP contribution in [-0.4, -0.2) is 68.5 Å². The van der Waals surface area contributed by atoms with Gasteiger partial charge in [-0.05, 0) is 12.8 Å². The second-order valence-corrected chi connectivity index (χ2v) is 7.03. The van der Waals surface area contributed by atoms with Gasteiger partial charge in [0, 0.05) is 12.3 Å². The topological polar surface area (TPSA) is 152 Å². The zero-order valence-electron chi connectivity index (χ0n) is 14.5. The summed E-state index contributed by atoms with van der Waals surface area (Å²) in [5, 5.41) is 33.3. The van der Waals surface area contributed by atoms with Crippen LogP contribution in [0.1, 0.15) is 37.3 Å². The summed E-state index contributed by atoms with van der Waals surface area (Å²) in [6, 6.07) is 0.358. The largest absolute Gasteiger partial charge is 0.388 e. The van der Waals surface area contributed by atoms with Gasteiger partial charge in [0.15, 0.2) is 5.82 Å². The highest BCUT2D eigenvalue weighted by molar-refractivity contribution is 5.84. The number of aromatic nitrogens is 2. The lowest BCUT2D eigenvalue weighted by atomic mass is 9.94. The van der Waals surface area contributed by atoms with Crippen LogP contribution in [0.2, 0.25) is 0 Å². The standard InChI is InChI=1S/C16H21N5O6/c22-13-10(6-26-21(24)25)27-15(14(13)23)9-5-17-12-11(9)18-7-19-16(12)20-8-3-1-2-4-8/h5,7-10,13-15,22-23H,1-4,6H2,(H,18,19,20)/t9?,10-,13-,14-,15?/m1/s1. The molecule has 3 N–H and O–H groups in total. The maximum absolute atomic E-state index is 10.4. The first-order chi connectivity index (χ1) is 13.0. The number of fused-ring (bicyclic) bond motifs is 1. The number of hydrogen-bond acceptors (Lipinski definition) is 10. The van der Waals surface area contributed by atoms with Crippen LogP contribution in [0.3, 0.4) is 0 Å². The molecule has 1 saturated heterocycles. The van der Waals surface area contributed by atoms with Gasteiger partial charge < -0.3 is 25.1 Å². The summed E-state index contributed by atoms with van der Waals surface area (Å²) in [6.45, 7) is -0.462. The molecule has 11 heteroatoms. The molecule has 4 rings (SSSR count). The molecular weight excluding hydrogens is 358 g/mol. The van der Waals surface area contributed by atoms with Gasteiger partial charge >= 0.3 is 0 Å². The Kier molecular flexibility index (Phi) is 4.89. The monoisotopic (exact) mass is 379 g/mol. The van der Waals surface area contributed by atoms with Gasteiger partial charge in [-0.15, -0.1) is 10.1 Å². The van der Waals surface area contributed by atoms with Crippen molar-refractivity contribution in [2.45, 2.75) is 62.1 Å². The first-order valence-electron chi connectivity index (χ1n) is 8.99. The third kappa shape index (κ3) is 3.45. The van der Waals surface area contributed by atoms with E-state index >= 15 is 0 Å². The van der Waals surface area contributed by atoms with Crippen molar-refractivity contribution in [1.82, 2.24) is 9.97 Å². The Morgan fingerprint density at radius 3 is 2.81 bits per heavy atom. The number of rotatable bonds is 6. The summed E-state index contributed by atoms with van der Waals surface area (Å²) in [4.78, 5) is 27.6. The molecule has 11 nitrogen and oxygen atoms in total. The average molecular weight is 379 g/mol. The quantitative estimate of drug-likeness (QED) is 0.469. The summed E-state index contributed by atoms with van der Waals surface area (Å²) in [7, 11) is 0. The van der Waals surface area contributed by atoms with Crippen LogP contribution in [-0.2, 0) is 9.57 Å². The molecule has 1 saturated carbocycles. The molecule has 5 atom stereocenters. The van der Waals surface area contributed by atoms with Gasteiger partial charge in [-0.25, -0.2) is 9.97 Å². The van der Waals surface area contributed by atoms with Crippen molar-refractivity contribution in [1.29, 1.82) is 0 Å². The van der Waals surface area contributed by atoms with Gasteiger partial charge in [-0.3, -0.25) is 4.99 Å². The molecule has 1 aliphatic carbocycles. The van der Waals surface area contributed by atoms with Crippen LogP contribution in [0.5, 0.6) is 0 Å². The minimum absolute atomic E-state index is 0.358. The maximum atomic E-state index is 10.4. The highest BCUT2D eigenvalue weighted by atomic mass is 17.0. The maximum Gasteiger partial charge on any atom is 0.294 e. The van der Waals surface area contributed by atoms with E-state index in [0.717, 1.165) is 12.8 Å². The van der Waals surface area contributed by atoms with E-state index in [1.807, 2.05) is 0 Å². The predicted molar refractivity (Wildman–Crippen MR) is 92.4 cm³/mol. The molecule has 0 amide bonds. The van der Waals surface area contributed by atoms with Crippen LogP contribution < -0.4 is 5.32 Å². The van der Waals surface area contributed by atoms with Crippen LogP contribution in [0, 0.1) is 10.1 Å². The van der Waals surface area contributed by atoms with E-state index in [-0.39, 0.29) is 0 Å². The summed E-state index contributed by atoms with van der Waals surface area (Å²) in [5.74, 6) is 0.157. The minimum atomic E-state index is -1.30. The van der Waals surface area contributed by atoms with Gasteiger partial charge in [-0.2, -0.15) is 0 Å². The normalized spacial score (nSPS) is 32.6. The number of aliphatic hydroxyl groups is 2. The Hall–Kier alpha value is -2.37. The van der Waals surface area contributed by atoms with E-state index in [4.69, 9.17) is 4.74 Å². The van der Waals surface area contributed by atoms with Gasteiger partial charge in [0.25, 0.3) is 5.09 Å². The highest BCUT2D eigenvalue weighted by Gasteiger charge is 2.48. The van der Waals surface area contributed by atoms with E-state index in [0.29, 0.717) is 23.2 Å². The van der Waals surface area contributed by atoms with Crippen molar-refractivity contribution in [3.63, 3.8) is 0 Å². The minimum Gasteiger partial charge on any atom is -0.388 e. The van der Waals surface area contributed by atoms with E-state index < -0.39 is 42.0 Å². The lowest BCUT2D eigenvalue weighted by molar-refractivity contribution is -0.759. The molecular formula is C16H21N5O6. The number of aliphatic hydroxyl groups excluding tert-OH is 2. The summed E-state index contributed by atoms with van der Waals surface area (Å²) in [5.41, 5.74) is 1.20. The summed E-state index contributed by atoms with van der Waals surface area (Å²) >= 11 is 0. The van der Waals surface area contributed by atoms with Crippen molar-refractivity contribution in [2.24, 2.45) is 4.99 Å². The number of aliphatic imine (C=N–C) groups is 1. The third-order valence-electron chi connectivity index (χ3n) is 5.32. The van der Waals surface area contributed by atoms with Crippen molar-refractivity contribution >= 4 is 17.7 Å². The van der Waals surface area contributed by atoms with Crippen LogP contribution in [0.25, 0.3) is 0 Å². The average Bonchev–Trinajstić information content (AvgIpc) is 3.36. The van der Waals surface area contributed by atoms with Gasteiger partial charge in [0.2, 0.25) is 0 Å². The molecule has 1 aromatic heterocycles. The Labute approximate surface area is 154 Å². The zero-order valence-corrected chi connectivity index (χ0v) is 14.5. The SMILES string of the molecule is O=[N+]([O-])OC[C@H]1OC(C2C=Nc3c(NC4CCCC4)ncnc32)[C@H](O)[C@@H]1O. The molecule has 0 spiro atoms. The fourth-order valence-electron chi connectivity index (χ4n) is 3.94. The van der Waals surface area contributed by atoms with Crippen LogP contribution >= 0.6 is 0 Å². The second kappa shape index (κ2) is 7.33. The molecule has 1 aromatic rings. The van der Waals surface area contributed by atoms with E-state index in [1.165, 1.54) is 19.2 Å². The first kappa shape index (κ1) is 18.0. The summed E-state index contributed by atoms with van der Waals surface area (Å²) in [6.07, 6.45) is 3.19. The highest BCUT2D eigenvalue weighted by Crippen LogP contribution is 2.41. The lowest BCUT2D eigenvalue weighted by Crippen LogP contribution is -2.36. The molecule has 27 heavy (non-hydrogen) atoms. The van der Waals surface area contributed by atoms with Crippen LogP contribution in [0.15, 0.2) is 11.3 Å². The van der Waals surface area contributed by atoms with Gasteiger partial charge in [0.05, 0.1) is 11.6 Å². The third-order valence-corrected chi connectivity index (χ3v) is 5.32. The zero-order chi connectivity index (χ0) is 19.0. The van der Waals surface area contributed by atoms with E-state index in [2.05, 4.69) is 25.1 Å². The number of nitrogens with one attached hydrogen (secondary N) is 1. The number of nitrogens with zero attached hydrogens (tertiary/aromatic N) is 4. The number of hydrogen-bond donors (Lipinski definition) is 3. The Balaban J connectivity index is 1.50. The Morgan fingerprint density at radius 1 is 1.30 bits per heavy atom. The fraction of sp³-hybridized carbons (Fsp3) is 0.688. The van der Waals surface area contributed by atoms with Crippen molar-refractivity contribution in [3.05, 3.63) is 22.1 Å². The summed E-state index contributed by atoms with van der Waals surface area (Å²) < 4.78 is 5.65. The van der Waals surface area contributed by atoms with Gasteiger partial charge in [-0.1, -0.05) is 12.8 Å². The van der Waals surface area contributed by atoms with Crippen molar-refractivity contribution in [2.75, 3.05) is 11.9 Å². The number of anilines is 1. The van der Waals surface area contributed by atoms with Crippen LogP contribution in [0.4, 0.5) is 11.5 Å². The Bertz CT molecular complexity index is 740. The number of ether oxygens (including phenoxy) is 1. The van der Waals surface area contributed by atoms with E-state index in [9.17, 15) is 20.3 Å².